The summed E-state index contributed by atoms with van der Waals surface area (Å²) in [4.78, 5) is 65.3. The van der Waals surface area contributed by atoms with Gasteiger partial charge in [0.25, 0.3) is 5.91 Å². The molecule has 3 aliphatic rings. The molecule has 4 unspecified atom stereocenters. The van der Waals surface area contributed by atoms with Gasteiger partial charge < -0.3 is 40.5 Å². The molecule has 0 spiro atoms. The number of ether oxygens (including phenoxy) is 2. The molecule has 4 amide bonds. The van der Waals surface area contributed by atoms with Gasteiger partial charge in [-0.25, -0.2) is 32.8 Å². The van der Waals surface area contributed by atoms with E-state index in [1.165, 1.54) is 17.4 Å². The molecule has 2 bridgehead atoms. The number of benzene rings is 2. The molecule has 420 valence electrons. The Hall–Kier alpha value is -7.21. The predicted octanol–water partition coefficient (Wildman–Crippen LogP) is 6.08. The number of carbonyl (C=O) groups excluding carboxylic acids is 3. The van der Waals surface area contributed by atoms with Gasteiger partial charge in [-0.2, -0.15) is 26.3 Å². The topological polar surface area (TPSA) is 211 Å². The van der Waals surface area contributed by atoms with Crippen LogP contribution in [0, 0.1) is 40.1 Å². The second-order valence-electron chi connectivity index (χ2n) is 20.3. The zero-order valence-corrected chi connectivity index (χ0v) is 42.6. The van der Waals surface area contributed by atoms with Crippen molar-refractivity contribution < 1.29 is 78.4 Å². The van der Waals surface area contributed by atoms with Gasteiger partial charge in [0.1, 0.15) is 35.4 Å². The van der Waals surface area contributed by atoms with E-state index in [1.54, 1.807) is 18.3 Å². The number of carbonyl (C=O) groups is 4. The average molecular weight is 1110 g/mol. The minimum Gasteiger partial charge on any atom is -0.465 e. The number of fused-ring (bicyclic) bond motifs is 2. The van der Waals surface area contributed by atoms with E-state index in [0.717, 1.165) is 76.1 Å². The van der Waals surface area contributed by atoms with E-state index < -0.39 is 114 Å². The molecule has 0 aliphatic carbocycles. The quantitative estimate of drug-likeness (QED) is 0.0380. The van der Waals surface area contributed by atoms with Gasteiger partial charge in [-0.05, 0) is 88.6 Å². The molecule has 5 heterocycles. The fourth-order valence-corrected chi connectivity index (χ4v) is 9.30. The maximum atomic E-state index is 16.0. The number of nitrogens with zero attached hydrogens (tertiary/aromatic N) is 5. The summed E-state index contributed by atoms with van der Waals surface area (Å²) in [6, 6.07) is 7.38. The van der Waals surface area contributed by atoms with Crippen LogP contribution in [0.5, 0.6) is 0 Å². The van der Waals surface area contributed by atoms with Crippen LogP contribution in [0.3, 0.4) is 0 Å². The van der Waals surface area contributed by atoms with Crippen molar-refractivity contribution in [2.45, 2.75) is 102 Å². The molecule has 78 heavy (non-hydrogen) atoms. The number of alkyl halides is 6. The number of anilines is 1. The summed E-state index contributed by atoms with van der Waals surface area (Å²) in [6.45, 7) is 3.19. The molecule has 6 N–H and O–H groups in total. The fourth-order valence-electron chi connectivity index (χ4n) is 9.30. The molecule has 0 saturated carbocycles. The van der Waals surface area contributed by atoms with Gasteiger partial charge in [-0.1, -0.05) is 24.0 Å². The highest BCUT2D eigenvalue weighted by molar-refractivity contribution is 5.87. The number of hydrogen-bond acceptors (Lipinski definition) is 12. The molecule has 3 saturated heterocycles. The van der Waals surface area contributed by atoms with E-state index >= 15 is 8.78 Å². The first-order chi connectivity index (χ1) is 36.6. The molecule has 3 fully saturated rings. The third-order valence-electron chi connectivity index (χ3n) is 14.3. The second-order valence-corrected chi connectivity index (χ2v) is 20.3. The van der Waals surface area contributed by atoms with Crippen LogP contribution in [-0.2, 0) is 32.0 Å². The highest BCUT2D eigenvalue weighted by atomic mass is 19.4. The lowest BCUT2D eigenvalue weighted by Crippen LogP contribution is -2.63. The second kappa shape index (κ2) is 23.4. The number of carboxylic acid groups (broad SMARTS) is 1. The van der Waals surface area contributed by atoms with E-state index in [4.69, 9.17) is 4.74 Å². The molecular weight excluding hydrogens is 1050 g/mol. The van der Waals surface area contributed by atoms with Crippen molar-refractivity contribution in [1.29, 1.82) is 0 Å². The Balaban J connectivity index is 1.18. The summed E-state index contributed by atoms with van der Waals surface area (Å²) in [5, 5.41) is 27.6. The number of hydrazine groups is 1. The van der Waals surface area contributed by atoms with Gasteiger partial charge in [0.05, 0.1) is 55.0 Å². The number of halogens is 9. The molecule has 6 atom stereocenters. The highest BCUT2D eigenvalue weighted by Crippen LogP contribution is 2.42. The SMILES string of the molecule is COC(=O)NC(C(=O)NC(Cc1ccc(C#Cc2ccc(N3C[C@H]4C[C@@H]3CN4C3COC3)nc2)cc1)C(O)CN(Cc1c(F)cc(-c2cc(F)ccn2)cc1F)NC(=O)C(NC(=O)O)C(C)(C)C(F)(F)F)C(C)(C)C(F)(F)F. The van der Waals surface area contributed by atoms with Crippen molar-refractivity contribution >= 4 is 29.8 Å². The molecular formula is C52H56F9N9O8. The van der Waals surface area contributed by atoms with Crippen LogP contribution in [0.15, 0.2) is 73.1 Å². The molecule has 4 aromatic rings. The van der Waals surface area contributed by atoms with E-state index in [9.17, 15) is 60.1 Å². The zero-order valence-electron chi connectivity index (χ0n) is 42.6. The number of nitrogens with one attached hydrogen (secondary N) is 4. The number of hydrogen-bond donors (Lipinski definition) is 6. The summed E-state index contributed by atoms with van der Waals surface area (Å²) in [6.07, 6.45) is -12.9. The maximum Gasteiger partial charge on any atom is 0.407 e. The Morgan fingerprint density at radius 3 is 1.94 bits per heavy atom. The normalized spacial score (nSPS) is 18.5. The average Bonchev–Trinajstić information content (AvgIpc) is 4.01. The molecule has 3 aliphatic heterocycles. The first-order valence-electron chi connectivity index (χ1n) is 24.3. The van der Waals surface area contributed by atoms with Crippen molar-refractivity contribution in [3.8, 4) is 23.1 Å². The maximum absolute atomic E-state index is 16.0. The number of likely N-dealkylation sites (tertiary alicyclic amines) is 1. The molecule has 2 aromatic heterocycles. The smallest absolute Gasteiger partial charge is 0.407 e. The Morgan fingerprint density at radius 2 is 1.41 bits per heavy atom. The molecule has 2 aromatic carbocycles. The number of alkyl carbamates (subject to hydrolysis) is 1. The van der Waals surface area contributed by atoms with Gasteiger partial charge in [0, 0.05) is 79.0 Å². The van der Waals surface area contributed by atoms with Gasteiger partial charge in [-0.15, -0.1) is 0 Å². The van der Waals surface area contributed by atoms with Gasteiger partial charge in [0.2, 0.25) is 5.91 Å². The Bertz CT molecular complexity index is 2870. The van der Waals surface area contributed by atoms with Crippen LogP contribution in [0.1, 0.15) is 56.4 Å². The highest BCUT2D eigenvalue weighted by Gasteiger charge is 2.57. The number of piperazine rings is 1. The molecule has 0 radical (unpaired) electrons. The molecule has 26 heteroatoms. The minimum absolute atomic E-state index is 0.219. The van der Waals surface area contributed by atoms with Crippen molar-refractivity contribution in [2.24, 2.45) is 10.8 Å². The van der Waals surface area contributed by atoms with Crippen LogP contribution >= 0.6 is 0 Å². The fraction of sp³-hybridized carbons (Fsp3) is 0.462. The zero-order chi connectivity index (χ0) is 57.1. The van der Waals surface area contributed by atoms with Crippen LogP contribution in [0.2, 0.25) is 0 Å². The number of pyridine rings is 2. The lowest BCUT2D eigenvalue weighted by atomic mass is 9.82. The first kappa shape index (κ1) is 58.5. The summed E-state index contributed by atoms with van der Waals surface area (Å²) < 4.78 is 143. The van der Waals surface area contributed by atoms with Crippen molar-refractivity contribution in [1.82, 2.24) is 41.3 Å². The number of aliphatic hydroxyl groups is 1. The van der Waals surface area contributed by atoms with E-state index in [-0.39, 0.29) is 16.8 Å². The van der Waals surface area contributed by atoms with Crippen LogP contribution in [0.4, 0.5) is 54.9 Å². The number of amides is 4. The Morgan fingerprint density at radius 1 is 0.795 bits per heavy atom. The third-order valence-corrected chi connectivity index (χ3v) is 14.3. The summed E-state index contributed by atoms with van der Waals surface area (Å²) >= 11 is 0. The number of methoxy groups -OCH3 is 1. The third kappa shape index (κ3) is 13.4. The summed E-state index contributed by atoms with van der Waals surface area (Å²) in [5.74, 6) is -0.00911. The van der Waals surface area contributed by atoms with Gasteiger partial charge in [0.15, 0.2) is 0 Å². The monoisotopic (exact) mass is 1110 g/mol. The molecule has 7 rings (SSSR count). The lowest BCUT2D eigenvalue weighted by molar-refractivity contribution is -0.221. The predicted molar refractivity (Wildman–Crippen MR) is 261 cm³/mol. The Kier molecular flexibility index (Phi) is 17.5. The van der Waals surface area contributed by atoms with Crippen LogP contribution in [0.25, 0.3) is 11.3 Å². The van der Waals surface area contributed by atoms with Crippen molar-refractivity contribution in [3.63, 3.8) is 0 Å². The Labute approximate surface area is 441 Å². The molecule has 17 nitrogen and oxygen atoms in total. The van der Waals surface area contributed by atoms with E-state index in [0.29, 0.717) is 62.0 Å². The van der Waals surface area contributed by atoms with Crippen LogP contribution in [-0.4, -0.2) is 149 Å². The first-order valence-corrected chi connectivity index (χ1v) is 24.3. The van der Waals surface area contributed by atoms with Crippen LogP contribution < -0.4 is 26.3 Å². The van der Waals surface area contributed by atoms with Crippen molar-refractivity contribution in [3.05, 3.63) is 113 Å². The number of aromatic nitrogens is 2. The summed E-state index contributed by atoms with van der Waals surface area (Å²) in [7, 11) is 0.822. The van der Waals surface area contributed by atoms with Gasteiger partial charge in [-0.3, -0.25) is 24.9 Å². The van der Waals surface area contributed by atoms with Crippen molar-refractivity contribution in [2.75, 3.05) is 44.9 Å². The van der Waals surface area contributed by atoms with Gasteiger partial charge >= 0.3 is 24.5 Å². The number of rotatable bonds is 18. The van der Waals surface area contributed by atoms with E-state index in [1.807, 2.05) is 22.9 Å². The minimum atomic E-state index is -5.26. The summed E-state index contributed by atoms with van der Waals surface area (Å²) in [5.41, 5.74) is -4.31. The lowest BCUT2D eigenvalue weighted by Gasteiger charge is -2.42. The standard InChI is InChI=1S/C52H56F9N9O8/c1-49(2,51(56,57)58)43(66-48(76)77-5)45(72)64-40(16-29-9-6-28(7-10-29)8-11-30-12-13-42(63-21-30)70-23-33-20-34(70)22-69(33)35-26-78-27-35)41(71)25-68(67-46(73)44(65-47(74)75)50(3,4)52(59,60)61)24-36-37(54)17-31(18-38(36)55)39-19-32(53)14-15-62-39/h6-7,9-10,12-15,17-19,21,33-35,40-41,43-44,65,71H,16,20,22-27H2,1-5H3,(H,64,72)(H,66,76)(H,67,73)(H,74,75)/t33-,34-,40?,41?,43?,44?/m1/s1. The number of aliphatic hydroxyl groups excluding tert-OH is 1. The largest absolute Gasteiger partial charge is 0.465 e. The van der Waals surface area contributed by atoms with E-state index in [2.05, 4.69) is 41.7 Å².